The van der Waals surface area contributed by atoms with Crippen LogP contribution in [0.15, 0.2) is 59.5 Å². The summed E-state index contributed by atoms with van der Waals surface area (Å²) < 4.78 is 5.27. The number of nitrogens with one attached hydrogen (secondary N) is 1. The first-order chi connectivity index (χ1) is 17.0. The lowest BCUT2D eigenvalue weighted by Gasteiger charge is -2.22. The summed E-state index contributed by atoms with van der Waals surface area (Å²) in [5.74, 6) is -0.840. The number of thioether (sulfide) groups is 1. The molecule has 2 amide bonds. The number of rotatable bonds is 6. The average molecular weight is 507 g/mol. The molecule has 0 saturated carbocycles. The number of carbonyl (C=O) groups is 3. The number of amides is 2. The number of esters is 1. The van der Waals surface area contributed by atoms with Crippen molar-refractivity contribution in [3.8, 4) is 0 Å². The van der Waals surface area contributed by atoms with Gasteiger partial charge in [0.25, 0.3) is 0 Å². The van der Waals surface area contributed by atoms with Crippen molar-refractivity contribution in [2.45, 2.75) is 42.8 Å². The lowest BCUT2D eigenvalue weighted by atomic mass is 10.1. The molecule has 1 aliphatic heterocycles. The van der Waals surface area contributed by atoms with E-state index in [4.69, 9.17) is 4.74 Å². The van der Waals surface area contributed by atoms with Crippen molar-refractivity contribution in [3.63, 3.8) is 0 Å². The minimum atomic E-state index is -0.402. The number of hydrogen-bond donors (Lipinski definition) is 1. The third-order valence-corrected chi connectivity index (χ3v) is 8.74. The van der Waals surface area contributed by atoms with Gasteiger partial charge in [-0.3, -0.25) is 9.59 Å². The molecule has 1 atom stereocenters. The van der Waals surface area contributed by atoms with Crippen LogP contribution in [0.3, 0.4) is 0 Å². The number of para-hydroxylation sites is 1. The zero-order valence-electron chi connectivity index (χ0n) is 19.4. The SMILES string of the molecule is CCOC(=O)c1c(NC(=O)CN2C(=O)C[C@H](c3ccccc3)Sc3ccccc32)sc2c1CCC2. The number of hydrogen-bond acceptors (Lipinski definition) is 6. The van der Waals surface area contributed by atoms with Crippen LogP contribution in [0.5, 0.6) is 0 Å². The second kappa shape index (κ2) is 10.3. The van der Waals surface area contributed by atoms with Gasteiger partial charge in [0.05, 0.1) is 17.9 Å². The van der Waals surface area contributed by atoms with Gasteiger partial charge in [-0.05, 0) is 49.4 Å². The van der Waals surface area contributed by atoms with Gasteiger partial charge in [0, 0.05) is 21.4 Å². The second-order valence-corrected chi connectivity index (χ2v) is 10.8. The monoisotopic (exact) mass is 506 g/mol. The number of fused-ring (bicyclic) bond motifs is 2. The molecule has 5 rings (SSSR count). The van der Waals surface area contributed by atoms with E-state index >= 15 is 0 Å². The molecule has 1 aliphatic carbocycles. The van der Waals surface area contributed by atoms with Crippen LogP contribution in [0, 0.1) is 0 Å². The summed E-state index contributed by atoms with van der Waals surface area (Å²) in [6.07, 6.45) is 3.00. The van der Waals surface area contributed by atoms with Crippen LogP contribution in [-0.2, 0) is 27.2 Å². The summed E-state index contributed by atoms with van der Waals surface area (Å²) in [4.78, 5) is 42.9. The minimum absolute atomic E-state index is 0.0337. The molecule has 2 aliphatic rings. The Hall–Kier alpha value is -3.10. The lowest BCUT2D eigenvalue weighted by Crippen LogP contribution is -2.38. The summed E-state index contributed by atoms with van der Waals surface area (Å²) in [6, 6.07) is 17.7. The van der Waals surface area contributed by atoms with Crippen LogP contribution in [0.4, 0.5) is 10.7 Å². The summed E-state index contributed by atoms with van der Waals surface area (Å²) in [6.45, 7) is 1.92. The maximum Gasteiger partial charge on any atom is 0.341 e. The van der Waals surface area contributed by atoms with Gasteiger partial charge in [-0.2, -0.15) is 0 Å². The van der Waals surface area contributed by atoms with Crippen LogP contribution in [-0.4, -0.2) is 30.9 Å². The molecule has 2 aromatic carbocycles. The van der Waals surface area contributed by atoms with Crippen molar-refractivity contribution in [2.75, 3.05) is 23.4 Å². The third kappa shape index (κ3) is 4.86. The standard InChI is InChI=1S/C27H26N2O4S2/c1-2-33-27(32)25-18-11-8-14-20(18)35-26(25)28-23(30)16-29-19-12-6-7-13-21(19)34-22(15-24(29)31)17-9-4-3-5-10-17/h3-7,9-10,12-13,22H,2,8,11,14-16H2,1H3,(H,28,30)/t22-/m1/s1. The Morgan fingerprint density at radius 2 is 1.86 bits per heavy atom. The molecule has 180 valence electrons. The quantitative estimate of drug-likeness (QED) is 0.439. The largest absolute Gasteiger partial charge is 0.462 e. The van der Waals surface area contributed by atoms with E-state index < -0.39 is 5.97 Å². The number of carbonyl (C=O) groups excluding carboxylic acids is 3. The van der Waals surface area contributed by atoms with E-state index in [2.05, 4.69) is 5.32 Å². The summed E-state index contributed by atoms with van der Waals surface area (Å²) in [5, 5.41) is 3.40. The fourth-order valence-corrected chi connectivity index (χ4v) is 7.20. The van der Waals surface area contributed by atoms with Crippen LogP contribution in [0.2, 0.25) is 0 Å². The second-order valence-electron chi connectivity index (χ2n) is 8.50. The molecular weight excluding hydrogens is 480 g/mol. The van der Waals surface area contributed by atoms with Gasteiger partial charge >= 0.3 is 5.97 Å². The van der Waals surface area contributed by atoms with Crippen LogP contribution in [0.1, 0.15) is 51.4 Å². The Morgan fingerprint density at radius 3 is 2.66 bits per heavy atom. The maximum absolute atomic E-state index is 13.4. The molecule has 0 bridgehead atoms. The van der Waals surface area contributed by atoms with Crippen molar-refractivity contribution in [3.05, 3.63) is 76.2 Å². The molecular formula is C27H26N2O4S2. The molecule has 0 unspecified atom stereocenters. The number of nitrogens with zero attached hydrogens (tertiary/aromatic N) is 1. The molecule has 6 nitrogen and oxygen atoms in total. The highest BCUT2D eigenvalue weighted by atomic mass is 32.2. The first kappa shape index (κ1) is 23.6. The first-order valence-corrected chi connectivity index (χ1v) is 13.5. The maximum atomic E-state index is 13.4. The van der Waals surface area contributed by atoms with Crippen molar-refractivity contribution in [1.29, 1.82) is 0 Å². The molecule has 1 N–H and O–H groups in total. The Labute approximate surface area is 212 Å². The third-order valence-electron chi connectivity index (χ3n) is 6.21. The Bertz CT molecular complexity index is 1270. The number of anilines is 2. The van der Waals surface area contributed by atoms with E-state index in [9.17, 15) is 14.4 Å². The fourth-order valence-electron chi connectivity index (χ4n) is 4.63. The highest BCUT2D eigenvalue weighted by molar-refractivity contribution is 7.99. The van der Waals surface area contributed by atoms with E-state index in [1.54, 1.807) is 23.6 Å². The van der Waals surface area contributed by atoms with Gasteiger partial charge in [-0.15, -0.1) is 23.1 Å². The Morgan fingerprint density at radius 1 is 1.09 bits per heavy atom. The zero-order valence-corrected chi connectivity index (χ0v) is 21.0. The van der Waals surface area contributed by atoms with E-state index in [0.717, 1.165) is 45.8 Å². The van der Waals surface area contributed by atoms with Gasteiger partial charge < -0.3 is 15.0 Å². The van der Waals surface area contributed by atoms with Crippen LogP contribution >= 0.6 is 23.1 Å². The predicted molar refractivity (Wildman–Crippen MR) is 139 cm³/mol. The molecule has 0 saturated heterocycles. The van der Waals surface area contributed by atoms with E-state index in [-0.39, 0.29) is 36.6 Å². The number of aryl methyl sites for hydroxylation is 1. The van der Waals surface area contributed by atoms with E-state index in [1.165, 1.54) is 11.3 Å². The van der Waals surface area contributed by atoms with E-state index in [1.807, 2.05) is 54.6 Å². The fraction of sp³-hybridized carbons (Fsp3) is 0.296. The van der Waals surface area contributed by atoms with Crippen molar-refractivity contribution >= 4 is 51.6 Å². The van der Waals surface area contributed by atoms with Crippen molar-refractivity contribution < 1.29 is 19.1 Å². The van der Waals surface area contributed by atoms with Crippen LogP contribution in [0.25, 0.3) is 0 Å². The highest BCUT2D eigenvalue weighted by Gasteiger charge is 2.32. The minimum Gasteiger partial charge on any atom is -0.462 e. The smallest absolute Gasteiger partial charge is 0.341 e. The molecule has 3 aromatic rings. The summed E-state index contributed by atoms with van der Waals surface area (Å²) in [7, 11) is 0. The summed E-state index contributed by atoms with van der Waals surface area (Å²) >= 11 is 3.08. The lowest BCUT2D eigenvalue weighted by molar-refractivity contribution is -0.121. The van der Waals surface area contributed by atoms with Gasteiger partial charge in [-0.25, -0.2) is 4.79 Å². The van der Waals surface area contributed by atoms with Gasteiger partial charge in [0.15, 0.2) is 0 Å². The van der Waals surface area contributed by atoms with Crippen molar-refractivity contribution in [2.24, 2.45) is 0 Å². The van der Waals surface area contributed by atoms with Crippen LogP contribution < -0.4 is 10.2 Å². The van der Waals surface area contributed by atoms with Crippen molar-refractivity contribution in [1.82, 2.24) is 0 Å². The first-order valence-electron chi connectivity index (χ1n) is 11.8. The Kier molecular flexibility index (Phi) is 6.92. The normalized spacial score (nSPS) is 16.9. The molecule has 35 heavy (non-hydrogen) atoms. The average Bonchev–Trinajstić information content (AvgIpc) is 3.40. The molecule has 8 heteroatoms. The molecule has 0 fully saturated rings. The predicted octanol–water partition coefficient (Wildman–Crippen LogP) is 5.62. The molecule has 0 spiro atoms. The molecule has 2 heterocycles. The molecule has 1 aromatic heterocycles. The highest BCUT2D eigenvalue weighted by Crippen LogP contribution is 2.45. The number of ether oxygens (including phenoxy) is 1. The number of thiophene rings is 1. The van der Waals surface area contributed by atoms with Gasteiger partial charge in [0.1, 0.15) is 11.5 Å². The zero-order chi connectivity index (χ0) is 24.4. The topological polar surface area (TPSA) is 75.7 Å². The number of benzene rings is 2. The summed E-state index contributed by atoms with van der Waals surface area (Å²) in [5.41, 5.74) is 3.27. The van der Waals surface area contributed by atoms with Gasteiger partial charge in [-0.1, -0.05) is 42.5 Å². The Balaban J connectivity index is 1.39. The molecule has 0 radical (unpaired) electrons. The van der Waals surface area contributed by atoms with E-state index in [0.29, 0.717) is 10.6 Å². The van der Waals surface area contributed by atoms with Gasteiger partial charge in [0.2, 0.25) is 11.8 Å².